The second kappa shape index (κ2) is 5.75. The Balaban J connectivity index is 1.62. The number of hydrogen-bond acceptors (Lipinski definition) is 3. The van der Waals surface area contributed by atoms with Gasteiger partial charge in [0.1, 0.15) is 0 Å². The highest BCUT2D eigenvalue weighted by Crippen LogP contribution is 2.15. The average molecular weight is 281 g/mol. The van der Waals surface area contributed by atoms with Gasteiger partial charge < -0.3 is 4.57 Å². The molecule has 0 amide bonds. The normalized spacial score (nSPS) is 10.9. The molecule has 1 aromatic heterocycles. The van der Waals surface area contributed by atoms with Crippen molar-refractivity contribution in [2.24, 2.45) is 0 Å². The summed E-state index contributed by atoms with van der Waals surface area (Å²) in [4.78, 5) is 14.6. The van der Waals surface area contributed by atoms with Crippen molar-refractivity contribution in [3.8, 4) is 0 Å². The molecule has 0 unspecified atom stereocenters. The fraction of sp³-hybridized carbons (Fsp3) is 0.188. The first-order valence-corrected chi connectivity index (χ1v) is 6.87. The van der Waals surface area contributed by atoms with Gasteiger partial charge in [0.25, 0.3) is 5.69 Å². The predicted molar refractivity (Wildman–Crippen MR) is 81.2 cm³/mol. The van der Waals surface area contributed by atoms with Crippen LogP contribution in [0.1, 0.15) is 12.0 Å². The van der Waals surface area contributed by atoms with Crippen molar-refractivity contribution in [1.82, 2.24) is 9.55 Å². The summed E-state index contributed by atoms with van der Waals surface area (Å²) in [5, 5.41) is 10.6. The minimum atomic E-state index is -0.374. The van der Waals surface area contributed by atoms with Gasteiger partial charge in [0.15, 0.2) is 0 Å². The lowest BCUT2D eigenvalue weighted by atomic mass is 10.1. The third-order valence-corrected chi connectivity index (χ3v) is 3.54. The second-order valence-electron chi connectivity index (χ2n) is 4.95. The molecule has 0 radical (unpaired) electrons. The molecule has 5 nitrogen and oxygen atoms in total. The molecule has 106 valence electrons. The quantitative estimate of drug-likeness (QED) is 0.530. The number of nitrogens with zero attached hydrogens (tertiary/aromatic N) is 3. The summed E-state index contributed by atoms with van der Waals surface area (Å²) in [7, 11) is 0. The molecule has 0 bridgehead atoms. The fourth-order valence-corrected chi connectivity index (χ4v) is 2.43. The van der Waals surface area contributed by atoms with Crippen LogP contribution in [0.3, 0.4) is 0 Å². The molecule has 0 fully saturated rings. The lowest BCUT2D eigenvalue weighted by Crippen LogP contribution is -1.98. The Hall–Kier alpha value is -2.69. The molecule has 3 aromatic rings. The lowest BCUT2D eigenvalue weighted by Gasteiger charge is -2.04. The lowest BCUT2D eigenvalue weighted by molar-refractivity contribution is -0.384. The van der Waals surface area contributed by atoms with Crippen molar-refractivity contribution < 1.29 is 4.92 Å². The Morgan fingerprint density at radius 2 is 1.86 bits per heavy atom. The third kappa shape index (κ3) is 2.91. The standard InChI is InChI=1S/C16H15N3O2/c20-19(21)14-9-7-13(8-10-14)4-3-11-18-12-17-15-5-1-2-6-16(15)18/h1-2,5-10,12H,3-4,11H2. The third-order valence-electron chi connectivity index (χ3n) is 3.54. The average Bonchev–Trinajstić information content (AvgIpc) is 2.91. The highest BCUT2D eigenvalue weighted by molar-refractivity contribution is 5.74. The topological polar surface area (TPSA) is 61.0 Å². The SMILES string of the molecule is O=[N+]([O-])c1ccc(CCCn2cnc3ccccc32)cc1. The number of rotatable bonds is 5. The number of benzene rings is 2. The van der Waals surface area contributed by atoms with Gasteiger partial charge in [-0.3, -0.25) is 10.1 Å². The van der Waals surface area contributed by atoms with Crippen LogP contribution in [0.5, 0.6) is 0 Å². The number of nitro benzene ring substituents is 1. The van der Waals surface area contributed by atoms with Gasteiger partial charge in [-0.25, -0.2) is 4.98 Å². The van der Waals surface area contributed by atoms with E-state index >= 15 is 0 Å². The molecule has 21 heavy (non-hydrogen) atoms. The van der Waals surface area contributed by atoms with E-state index in [-0.39, 0.29) is 10.6 Å². The smallest absolute Gasteiger partial charge is 0.269 e. The van der Waals surface area contributed by atoms with Crippen molar-refractivity contribution in [1.29, 1.82) is 0 Å². The zero-order valence-corrected chi connectivity index (χ0v) is 11.5. The number of aryl methyl sites for hydroxylation is 2. The van der Waals surface area contributed by atoms with E-state index in [0.29, 0.717) is 0 Å². The van der Waals surface area contributed by atoms with Gasteiger partial charge in [0.2, 0.25) is 0 Å². The van der Waals surface area contributed by atoms with E-state index < -0.39 is 0 Å². The first-order chi connectivity index (χ1) is 10.2. The second-order valence-corrected chi connectivity index (χ2v) is 4.95. The van der Waals surface area contributed by atoms with Gasteiger partial charge in [-0.15, -0.1) is 0 Å². The first kappa shape index (κ1) is 13.3. The van der Waals surface area contributed by atoms with Crippen LogP contribution in [0.25, 0.3) is 11.0 Å². The maximum absolute atomic E-state index is 10.6. The molecule has 0 aliphatic heterocycles. The van der Waals surface area contributed by atoms with Crippen molar-refractivity contribution >= 4 is 16.7 Å². The van der Waals surface area contributed by atoms with E-state index in [4.69, 9.17) is 0 Å². The molecule has 3 rings (SSSR count). The number of nitro groups is 1. The summed E-state index contributed by atoms with van der Waals surface area (Å²) in [5.74, 6) is 0. The van der Waals surface area contributed by atoms with Gasteiger partial charge in [-0.2, -0.15) is 0 Å². The molecule has 5 heteroatoms. The van der Waals surface area contributed by atoms with Gasteiger partial charge >= 0.3 is 0 Å². The van der Waals surface area contributed by atoms with Crippen LogP contribution in [0.15, 0.2) is 54.9 Å². The van der Waals surface area contributed by atoms with Crippen LogP contribution in [0.4, 0.5) is 5.69 Å². The van der Waals surface area contributed by atoms with Crippen molar-refractivity contribution in [2.45, 2.75) is 19.4 Å². The molecule has 0 aliphatic rings. The molecule has 0 saturated carbocycles. The number of hydrogen-bond donors (Lipinski definition) is 0. The van der Waals surface area contributed by atoms with Crippen LogP contribution < -0.4 is 0 Å². The number of non-ortho nitro benzene ring substituents is 1. The number of imidazole rings is 1. The molecular formula is C16H15N3O2. The van der Waals surface area contributed by atoms with E-state index in [1.807, 2.05) is 36.7 Å². The summed E-state index contributed by atoms with van der Waals surface area (Å²) >= 11 is 0. The Morgan fingerprint density at radius 1 is 1.10 bits per heavy atom. The van der Waals surface area contributed by atoms with Gasteiger partial charge in [-0.05, 0) is 30.5 Å². The highest BCUT2D eigenvalue weighted by Gasteiger charge is 2.04. The molecule has 1 heterocycles. The Bertz CT molecular complexity index is 763. The minimum absolute atomic E-state index is 0.138. The molecule has 0 N–H and O–H groups in total. The number of aromatic nitrogens is 2. The fourth-order valence-electron chi connectivity index (χ4n) is 2.43. The maximum atomic E-state index is 10.6. The summed E-state index contributed by atoms with van der Waals surface area (Å²) < 4.78 is 2.14. The highest BCUT2D eigenvalue weighted by atomic mass is 16.6. The first-order valence-electron chi connectivity index (χ1n) is 6.87. The maximum Gasteiger partial charge on any atom is 0.269 e. The van der Waals surface area contributed by atoms with E-state index in [1.165, 1.54) is 0 Å². The van der Waals surface area contributed by atoms with Gasteiger partial charge in [0, 0.05) is 18.7 Å². The monoisotopic (exact) mass is 281 g/mol. The Labute approximate surface area is 122 Å². The summed E-state index contributed by atoms with van der Waals surface area (Å²) in [6, 6.07) is 14.8. The van der Waals surface area contributed by atoms with E-state index in [9.17, 15) is 10.1 Å². The summed E-state index contributed by atoms with van der Waals surface area (Å²) in [5.41, 5.74) is 3.40. The zero-order valence-electron chi connectivity index (χ0n) is 11.5. The summed E-state index contributed by atoms with van der Waals surface area (Å²) in [6.07, 6.45) is 3.73. The number of para-hydroxylation sites is 2. The molecule has 0 saturated heterocycles. The zero-order chi connectivity index (χ0) is 14.7. The van der Waals surface area contributed by atoms with E-state index in [1.54, 1.807) is 12.1 Å². The van der Waals surface area contributed by atoms with Crippen molar-refractivity contribution in [2.75, 3.05) is 0 Å². The van der Waals surface area contributed by atoms with Crippen LogP contribution in [-0.4, -0.2) is 14.5 Å². The molecule has 2 aromatic carbocycles. The summed E-state index contributed by atoms with van der Waals surface area (Å²) in [6.45, 7) is 0.886. The largest absolute Gasteiger partial charge is 0.331 e. The molecule has 0 aliphatic carbocycles. The Morgan fingerprint density at radius 3 is 2.62 bits per heavy atom. The van der Waals surface area contributed by atoms with Crippen molar-refractivity contribution in [3.05, 3.63) is 70.5 Å². The predicted octanol–water partition coefficient (Wildman–Crippen LogP) is 3.58. The molecule has 0 atom stereocenters. The van der Waals surface area contributed by atoms with Crippen LogP contribution >= 0.6 is 0 Å². The van der Waals surface area contributed by atoms with Crippen LogP contribution in [-0.2, 0) is 13.0 Å². The van der Waals surface area contributed by atoms with Crippen molar-refractivity contribution in [3.63, 3.8) is 0 Å². The van der Waals surface area contributed by atoms with Crippen LogP contribution in [0.2, 0.25) is 0 Å². The molecular weight excluding hydrogens is 266 g/mol. The number of fused-ring (bicyclic) bond motifs is 1. The minimum Gasteiger partial charge on any atom is -0.331 e. The van der Waals surface area contributed by atoms with Gasteiger partial charge in [0.05, 0.1) is 22.3 Å². The van der Waals surface area contributed by atoms with Crippen LogP contribution in [0, 0.1) is 10.1 Å². The molecule has 0 spiro atoms. The van der Waals surface area contributed by atoms with E-state index in [2.05, 4.69) is 15.6 Å². The van der Waals surface area contributed by atoms with E-state index in [0.717, 1.165) is 36.0 Å². The Kier molecular flexibility index (Phi) is 3.64. The van der Waals surface area contributed by atoms with Gasteiger partial charge in [-0.1, -0.05) is 24.3 Å².